The molecule has 0 amide bonds. The highest BCUT2D eigenvalue weighted by molar-refractivity contribution is 5.98. The average Bonchev–Trinajstić information content (AvgIpc) is 2.68. The van der Waals surface area contributed by atoms with Crippen molar-refractivity contribution in [2.45, 2.75) is 27.7 Å². The minimum Gasteiger partial charge on any atom is -0.496 e. The quantitative estimate of drug-likeness (QED) is 0.278. The SMILES string of the molecule is CCOc1cc(OCC)cc(C(C#N)=C(OC(C)=O)c2ccc(C)cc2OC)c1. The number of carbonyl (C=O) groups is 1. The molecule has 0 saturated carbocycles. The molecule has 0 bridgehead atoms. The number of benzene rings is 2. The van der Waals surface area contributed by atoms with Crippen molar-refractivity contribution < 1.29 is 23.7 Å². The fraction of sp³-hybridized carbons (Fsp3) is 0.304. The van der Waals surface area contributed by atoms with Crippen LogP contribution < -0.4 is 14.2 Å². The van der Waals surface area contributed by atoms with Crippen LogP contribution in [0.5, 0.6) is 17.2 Å². The highest BCUT2D eigenvalue weighted by atomic mass is 16.5. The third kappa shape index (κ3) is 5.52. The molecule has 0 aromatic heterocycles. The molecule has 2 rings (SSSR count). The molecule has 0 heterocycles. The Bertz CT molecular complexity index is 932. The molecule has 2 aromatic carbocycles. The van der Waals surface area contributed by atoms with Crippen molar-refractivity contribution in [3.63, 3.8) is 0 Å². The molecule has 152 valence electrons. The molecule has 0 aliphatic heterocycles. The van der Waals surface area contributed by atoms with E-state index in [1.165, 1.54) is 14.0 Å². The zero-order chi connectivity index (χ0) is 21.4. The summed E-state index contributed by atoms with van der Waals surface area (Å²) in [6.45, 7) is 7.88. The summed E-state index contributed by atoms with van der Waals surface area (Å²) in [7, 11) is 1.53. The maximum atomic E-state index is 11.8. The van der Waals surface area contributed by atoms with Gasteiger partial charge >= 0.3 is 5.97 Å². The van der Waals surface area contributed by atoms with Gasteiger partial charge in [0.1, 0.15) is 28.9 Å². The Balaban J connectivity index is 2.78. The standard InChI is InChI=1S/C23H25NO5/c1-6-27-18-11-17(12-19(13-18)28-7-2)21(14-24)23(29-16(4)25)20-9-8-15(3)10-22(20)26-5/h8-13H,6-7H2,1-5H3. The first-order valence-electron chi connectivity index (χ1n) is 9.32. The number of methoxy groups -OCH3 is 1. The summed E-state index contributed by atoms with van der Waals surface area (Å²) in [5.74, 6) is 1.19. The summed E-state index contributed by atoms with van der Waals surface area (Å²) in [5.41, 5.74) is 2.17. The molecule has 0 radical (unpaired) electrons. The summed E-state index contributed by atoms with van der Waals surface area (Å²) in [5, 5.41) is 9.96. The predicted molar refractivity (Wildman–Crippen MR) is 111 cm³/mol. The van der Waals surface area contributed by atoms with Crippen LogP contribution in [0.25, 0.3) is 11.3 Å². The highest BCUT2D eigenvalue weighted by Gasteiger charge is 2.20. The molecular formula is C23H25NO5. The molecule has 0 atom stereocenters. The molecule has 29 heavy (non-hydrogen) atoms. The van der Waals surface area contributed by atoms with Crippen molar-refractivity contribution in [3.8, 4) is 23.3 Å². The molecule has 0 spiro atoms. The third-order valence-corrected chi connectivity index (χ3v) is 3.98. The molecule has 0 aliphatic rings. The van der Waals surface area contributed by atoms with E-state index in [0.717, 1.165) is 5.56 Å². The van der Waals surface area contributed by atoms with Gasteiger partial charge in [0.25, 0.3) is 0 Å². The van der Waals surface area contributed by atoms with Crippen LogP contribution in [0, 0.1) is 18.3 Å². The van der Waals surface area contributed by atoms with Gasteiger partial charge in [0.15, 0.2) is 5.76 Å². The molecule has 0 N–H and O–H groups in total. The van der Waals surface area contributed by atoms with Gasteiger partial charge in [0.2, 0.25) is 0 Å². The average molecular weight is 395 g/mol. The molecule has 0 unspecified atom stereocenters. The summed E-state index contributed by atoms with van der Waals surface area (Å²) in [4.78, 5) is 11.8. The van der Waals surface area contributed by atoms with E-state index in [-0.39, 0.29) is 11.3 Å². The maximum Gasteiger partial charge on any atom is 0.308 e. The number of rotatable bonds is 8. The molecular weight excluding hydrogens is 370 g/mol. The van der Waals surface area contributed by atoms with E-state index >= 15 is 0 Å². The van der Waals surface area contributed by atoms with Crippen LogP contribution in [0.1, 0.15) is 37.5 Å². The van der Waals surface area contributed by atoms with Crippen molar-refractivity contribution in [2.24, 2.45) is 0 Å². The van der Waals surface area contributed by atoms with Gasteiger partial charge in [0, 0.05) is 18.6 Å². The fourth-order valence-corrected chi connectivity index (χ4v) is 2.83. The first kappa shape index (κ1) is 21.8. The van der Waals surface area contributed by atoms with Gasteiger partial charge in [-0.1, -0.05) is 6.07 Å². The number of ether oxygens (including phenoxy) is 4. The van der Waals surface area contributed by atoms with E-state index in [9.17, 15) is 10.1 Å². The Morgan fingerprint density at radius 1 is 1.03 bits per heavy atom. The minimum atomic E-state index is -0.540. The van der Waals surface area contributed by atoms with E-state index in [1.807, 2.05) is 32.9 Å². The Hall–Kier alpha value is -3.46. The van der Waals surface area contributed by atoms with Crippen LogP contribution in [0.2, 0.25) is 0 Å². The molecule has 6 nitrogen and oxygen atoms in total. The molecule has 0 saturated heterocycles. The first-order chi connectivity index (χ1) is 13.9. The number of hydrogen-bond acceptors (Lipinski definition) is 6. The number of allylic oxidation sites excluding steroid dienone is 1. The van der Waals surface area contributed by atoms with Gasteiger partial charge in [0.05, 0.1) is 25.9 Å². The molecule has 2 aromatic rings. The van der Waals surface area contributed by atoms with Crippen molar-refractivity contribution in [3.05, 3.63) is 53.1 Å². The van der Waals surface area contributed by atoms with Gasteiger partial charge in [-0.3, -0.25) is 4.79 Å². The van der Waals surface area contributed by atoms with Gasteiger partial charge in [-0.25, -0.2) is 0 Å². The monoisotopic (exact) mass is 395 g/mol. The van der Waals surface area contributed by atoms with Crippen molar-refractivity contribution in [1.29, 1.82) is 5.26 Å². The van der Waals surface area contributed by atoms with Crippen LogP contribution in [-0.2, 0) is 9.53 Å². The second kappa shape index (κ2) is 10.2. The Morgan fingerprint density at radius 3 is 2.14 bits per heavy atom. The predicted octanol–water partition coefficient (Wildman–Crippen LogP) is 4.76. The number of aryl methyl sites for hydroxylation is 1. The zero-order valence-corrected chi connectivity index (χ0v) is 17.4. The van der Waals surface area contributed by atoms with Gasteiger partial charge in [-0.15, -0.1) is 0 Å². The smallest absolute Gasteiger partial charge is 0.308 e. The lowest BCUT2D eigenvalue weighted by Crippen LogP contribution is -2.04. The summed E-state index contributed by atoms with van der Waals surface area (Å²) in [6.07, 6.45) is 0. The van der Waals surface area contributed by atoms with Gasteiger partial charge in [-0.2, -0.15) is 5.26 Å². The number of nitriles is 1. The van der Waals surface area contributed by atoms with Gasteiger partial charge in [-0.05, 0) is 50.6 Å². The minimum absolute atomic E-state index is 0.118. The van der Waals surface area contributed by atoms with Crippen LogP contribution in [0.4, 0.5) is 0 Å². The van der Waals surface area contributed by atoms with E-state index < -0.39 is 5.97 Å². The van der Waals surface area contributed by atoms with Crippen molar-refractivity contribution >= 4 is 17.3 Å². The first-order valence-corrected chi connectivity index (χ1v) is 9.32. The van der Waals surface area contributed by atoms with E-state index in [2.05, 4.69) is 6.07 Å². The Kier molecular flexibility index (Phi) is 7.67. The molecule has 6 heteroatoms. The van der Waals surface area contributed by atoms with Gasteiger partial charge < -0.3 is 18.9 Å². The van der Waals surface area contributed by atoms with E-state index in [4.69, 9.17) is 18.9 Å². The number of esters is 1. The molecule has 0 fully saturated rings. The normalized spacial score (nSPS) is 11.2. The summed E-state index contributed by atoms with van der Waals surface area (Å²) >= 11 is 0. The number of hydrogen-bond donors (Lipinski definition) is 0. The topological polar surface area (TPSA) is 77.8 Å². The second-order valence-electron chi connectivity index (χ2n) is 6.17. The zero-order valence-electron chi connectivity index (χ0n) is 17.4. The second-order valence-corrected chi connectivity index (χ2v) is 6.17. The highest BCUT2D eigenvalue weighted by Crippen LogP contribution is 2.36. The van der Waals surface area contributed by atoms with Crippen LogP contribution in [0.3, 0.4) is 0 Å². The fourth-order valence-electron chi connectivity index (χ4n) is 2.83. The van der Waals surface area contributed by atoms with Crippen molar-refractivity contribution in [1.82, 2.24) is 0 Å². The third-order valence-electron chi connectivity index (χ3n) is 3.98. The summed E-state index contributed by atoms with van der Waals surface area (Å²) in [6, 6.07) is 12.8. The number of carbonyl (C=O) groups excluding carboxylic acids is 1. The van der Waals surface area contributed by atoms with Crippen LogP contribution in [-0.4, -0.2) is 26.3 Å². The largest absolute Gasteiger partial charge is 0.496 e. The van der Waals surface area contributed by atoms with E-state index in [1.54, 1.807) is 24.3 Å². The number of nitrogens with zero attached hydrogens (tertiary/aromatic N) is 1. The Morgan fingerprint density at radius 2 is 1.66 bits per heavy atom. The lowest BCUT2D eigenvalue weighted by Gasteiger charge is -2.16. The molecule has 0 aliphatic carbocycles. The lowest BCUT2D eigenvalue weighted by atomic mass is 9.99. The van der Waals surface area contributed by atoms with Crippen molar-refractivity contribution in [2.75, 3.05) is 20.3 Å². The Labute approximate surface area is 171 Å². The maximum absolute atomic E-state index is 11.8. The van der Waals surface area contributed by atoms with Crippen LogP contribution in [0.15, 0.2) is 36.4 Å². The summed E-state index contributed by atoms with van der Waals surface area (Å²) < 4.78 is 22.2. The van der Waals surface area contributed by atoms with Crippen LogP contribution >= 0.6 is 0 Å². The van der Waals surface area contributed by atoms with E-state index in [0.29, 0.717) is 41.6 Å². The lowest BCUT2D eigenvalue weighted by molar-refractivity contribution is -0.134.